The molecule has 166 valence electrons. The number of nitrogens with zero attached hydrogens (tertiary/aromatic N) is 4. The Morgan fingerprint density at radius 2 is 1.84 bits per heavy atom. The molecule has 1 aliphatic rings. The predicted molar refractivity (Wildman–Crippen MR) is 128 cm³/mol. The first kappa shape index (κ1) is 22.0. The third kappa shape index (κ3) is 4.97. The van der Waals surface area contributed by atoms with Gasteiger partial charge in [0.25, 0.3) is 0 Å². The number of amides is 1. The molecule has 1 amide bonds. The van der Waals surface area contributed by atoms with Gasteiger partial charge >= 0.3 is 0 Å². The second-order valence-corrected chi connectivity index (χ2v) is 8.21. The molecule has 1 aromatic carbocycles. The van der Waals surface area contributed by atoms with Crippen molar-refractivity contribution in [3.05, 3.63) is 78.2 Å². The molecule has 0 saturated carbocycles. The fourth-order valence-electron chi connectivity index (χ4n) is 4.52. The van der Waals surface area contributed by atoms with Crippen molar-refractivity contribution in [3.63, 3.8) is 0 Å². The van der Waals surface area contributed by atoms with E-state index in [0.29, 0.717) is 6.42 Å². The molecule has 0 spiro atoms. The second-order valence-electron chi connectivity index (χ2n) is 8.21. The molecule has 0 radical (unpaired) electrons. The van der Waals surface area contributed by atoms with Crippen LogP contribution in [0.25, 0.3) is 11.1 Å². The number of hydrogen-bond donors (Lipinski definition) is 1. The number of likely N-dealkylation sites (N-methyl/N-ethyl adjacent to an activating group) is 1. The van der Waals surface area contributed by atoms with E-state index in [-0.39, 0.29) is 11.8 Å². The Balaban J connectivity index is 1.60. The zero-order valence-electron chi connectivity index (χ0n) is 18.9. The number of benzene rings is 1. The van der Waals surface area contributed by atoms with E-state index < -0.39 is 0 Å². The molecule has 6 nitrogen and oxygen atoms in total. The van der Waals surface area contributed by atoms with Gasteiger partial charge in [-0.3, -0.25) is 14.7 Å². The van der Waals surface area contributed by atoms with Crippen LogP contribution in [0.4, 0.5) is 5.82 Å². The molecule has 4 rings (SSSR count). The zero-order valence-corrected chi connectivity index (χ0v) is 18.9. The van der Waals surface area contributed by atoms with E-state index in [9.17, 15) is 4.79 Å². The topological polar surface area (TPSA) is 61.4 Å². The van der Waals surface area contributed by atoms with Crippen molar-refractivity contribution in [3.8, 4) is 11.1 Å². The van der Waals surface area contributed by atoms with Gasteiger partial charge in [-0.25, -0.2) is 4.98 Å². The van der Waals surface area contributed by atoms with Crippen molar-refractivity contribution in [1.82, 2.24) is 19.8 Å². The molecule has 0 aliphatic carbocycles. The molecule has 3 heterocycles. The van der Waals surface area contributed by atoms with E-state index in [4.69, 9.17) is 0 Å². The lowest BCUT2D eigenvalue weighted by Crippen LogP contribution is -2.37. The Morgan fingerprint density at radius 1 is 1.03 bits per heavy atom. The summed E-state index contributed by atoms with van der Waals surface area (Å²) in [6.45, 7) is 5.92. The maximum atomic E-state index is 13.4. The number of hydrogen-bond acceptors (Lipinski definition) is 5. The van der Waals surface area contributed by atoms with Gasteiger partial charge in [0.05, 0.1) is 5.92 Å². The van der Waals surface area contributed by atoms with E-state index in [2.05, 4.69) is 57.4 Å². The number of nitrogens with one attached hydrogen (secondary N) is 1. The van der Waals surface area contributed by atoms with E-state index in [1.54, 1.807) is 12.4 Å². The number of carbonyl (C=O) groups is 1. The average Bonchev–Trinajstić information content (AvgIpc) is 2.98. The van der Waals surface area contributed by atoms with E-state index in [1.807, 2.05) is 36.3 Å². The summed E-state index contributed by atoms with van der Waals surface area (Å²) >= 11 is 0. The number of pyridine rings is 2. The predicted octanol–water partition coefficient (Wildman–Crippen LogP) is 3.71. The van der Waals surface area contributed by atoms with Crippen LogP contribution in [0.5, 0.6) is 0 Å². The first-order valence-corrected chi connectivity index (χ1v) is 11.3. The Kier molecular flexibility index (Phi) is 7.12. The van der Waals surface area contributed by atoms with E-state index in [0.717, 1.165) is 55.2 Å². The van der Waals surface area contributed by atoms with Crippen molar-refractivity contribution in [2.75, 3.05) is 38.5 Å². The highest BCUT2D eigenvalue weighted by atomic mass is 16.2. The molecule has 1 aliphatic heterocycles. The summed E-state index contributed by atoms with van der Waals surface area (Å²) in [7, 11) is 1.90. The Labute approximate surface area is 190 Å². The molecule has 1 fully saturated rings. The second kappa shape index (κ2) is 10.4. The van der Waals surface area contributed by atoms with Crippen molar-refractivity contribution in [1.29, 1.82) is 0 Å². The van der Waals surface area contributed by atoms with Crippen LogP contribution in [0.15, 0.2) is 67.1 Å². The lowest BCUT2D eigenvalue weighted by Gasteiger charge is -2.24. The molecule has 1 N–H and O–H groups in total. The summed E-state index contributed by atoms with van der Waals surface area (Å²) in [6.07, 6.45) is 6.19. The van der Waals surface area contributed by atoms with Gasteiger partial charge in [-0.1, -0.05) is 36.4 Å². The standard InChI is InChI=1S/C26H31N5O/c1-3-31-15-14-30(18-22-10-7-13-29-25(22)27-2)19-23(26(31)32)16-20-8-4-5-11-24(20)21-9-6-12-28-17-21/h4-13,17,23H,3,14-16,18-19H2,1-2H3,(H,27,29). The molecule has 3 aromatic rings. The Hall–Kier alpha value is -3.25. The fourth-order valence-corrected chi connectivity index (χ4v) is 4.52. The number of anilines is 1. The van der Waals surface area contributed by atoms with Crippen LogP contribution in [0, 0.1) is 5.92 Å². The van der Waals surface area contributed by atoms with Crippen LogP contribution >= 0.6 is 0 Å². The van der Waals surface area contributed by atoms with Crippen molar-refractivity contribution < 1.29 is 4.79 Å². The summed E-state index contributed by atoms with van der Waals surface area (Å²) in [5.74, 6) is 1.05. The quantitative estimate of drug-likeness (QED) is 0.620. The highest BCUT2D eigenvalue weighted by Gasteiger charge is 2.30. The molecule has 32 heavy (non-hydrogen) atoms. The smallest absolute Gasteiger partial charge is 0.227 e. The van der Waals surface area contributed by atoms with Crippen molar-refractivity contribution in [2.24, 2.45) is 5.92 Å². The van der Waals surface area contributed by atoms with Crippen LogP contribution in [0.2, 0.25) is 0 Å². The molecule has 1 atom stereocenters. The maximum absolute atomic E-state index is 13.4. The third-order valence-electron chi connectivity index (χ3n) is 6.19. The first-order chi connectivity index (χ1) is 15.7. The molecular weight excluding hydrogens is 398 g/mol. The summed E-state index contributed by atoms with van der Waals surface area (Å²) < 4.78 is 0. The minimum Gasteiger partial charge on any atom is -0.373 e. The lowest BCUT2D eigenvalue weighted by atomic mass is 9.91. The Bertz CT molecular complexity index is 1040. The van der Waals surface area contributed by atoms with Crippen LogP contribution in [-0.4, -0.2) is 58.9 Å². The Morgan fingerprint density at radius 3 is 2.62 bits per heavy atom. The summed E-state index contributed by atoms with van der Waals surface area (Å²) in [5, 5.41) is 3.19. The molecular formula is C26H31N5O. The van der Waals surface area contributed by atoms with Crippen LogP contribution < -0.4 is 5.32 Å². The zero-order chi connectivity index (χ0) is 22.3. The van der Waals surface area contributed by atoms with Gasteiger partial charge < -0.3 is 10.2 Å². The van der Waals surface area contributed by atoms with Gasteiger partial charge in [0.1, 0.15) is 5.82 Å². The molecule has 6 heteroatoms. The molecule has 0 bridgehead atoms. The van der Waals surface area contributed by atoms with Gasteiger partial charge in [-0.2, -0.15) is 0 Å². The minimum absolute atomic E-state index is 0.0926. The minimum atomic E-state index is -0.0926. The first-order valence-electron chi connectivity index (χ1n) is 11.3. The number of rotatable bonds is 7. The summed E-state index contributed by atoms with van der Waals surface area (Å²) in [5.41, 5.74) is 4.58. The van der Waals surface area contributed by atoms with Crippen molar-refractivity contribution in [2.45, 2.75) is 19.9 Å². The van der Waals surface area contributed by atoms with Gasteiger partial charge in [0.15, 0.2) is 0 Å². The third-order valence-corrected chi connectivity index (χ3v) is 6.19. The van der Waals surface area contributed by atoms with Gasteiger partial charge in [0, 0.05) is 69.5 Å². The molecule has 2 aromatic heterocycles. The largest absolute Gasteiger partial charge is 0.373 e. The monoisotopic (exact) mass is 429 g/mol. The summed E-state index contributed by atoms with van der Waals surface area (Å²) in [4.78, 5) is 26.5. The molecule has 1 saturated heterocycles. The van der Waals surface area contributed by atoms with E-state index in [1.165, 1.54) is 5.56 Å². The highest BCUT2D eigenvalue weighted by molar-refractivity contribution is 5.80. The summed E-state index contributed by atoms with van der Waals surface area (Å²) in [6, 6.07) is 16.5. The fraction of sp³-hybridized carbons (Fsp3) is 0.346. The molecule has 1 unspecified atom stereocenters. The number of aromatic nitrogens is 2. The average molecular weight is 430 g/mol. The van der Waals surface area contributed by atoms with Gasteiger partial charge in [-0.05, 0) is 36.6 Å². The normalized spacial score (nSPS) is 17.2. The van der Waals surface area contributed by atoms with Crippen molar-refractivity contribution >= 4 is 11.7 Å². The van der Waals surface area contributed by atoms with Crippen LogP contribution in [-0.2, 0) is 17.8 Å². The van der Waals surface area contributed by atoms with E-state index >= 15 is 0 Å². The van der Waals surface area contributed by atoms with Gasteiger partial charge in [0.2, 0.25) is 5.91 Å². The maximum Gasteiger partial charge on any atom is 0.227 e. The van der Waals surface area contributed by atoms with Gasteiger partial charge in [-0.15, -0.1) is 0 Å². The van der Waals surface area contributed by atoms with Crippen LogP contribution in [0.3, 0.4) is 0 Å². The number of carbonyl (C=O) groups excluding carboxylic acids is 1. The SMILES string of the molecule is CCN1CCN(Cc2cccnc2NC)CC(Cc2ccccc2-c2cccnc2)C1=O. The van der Waals surface area contributed by atoms with Crippen LogP contribution in [0.1, 0.15) is 18.1 Å². The lowest BCUT2D eigenvalue weighted by molar-refractivity contribution is -0.134. The highest BCUT2D eigenvalue weighted by Crippen LogP contribution is 2.27.